The van der Waals surface area contributed by atoms with Gasteiger partial charge in [-0.1, -0.05) is 32.4 Å². The number of ether oxygens (including phenoxy) is 2. The summed E-state index contributed by atoms with van der Waals surface area (Å²) < 4.78 is 15.6. The van der Waals surface area contributed by atoms with Gasteiger partial charge in [0.25, 0.3) is 0 Å². The van der Waals surface area contributed by atoms with E-state index in [2.05, 4.69) is 65.1 Å². The summed E-state index contributed by atoms with van der Waals surface area (Å²) in [5.41, 5.74) is -0.710. The molecule has 1 saturated heterocycles. The molecule has 0 spiro atoms. The molecule has 10 nitrogen and oxygen atoms in total. The van der Waals surface area contributed by atoms with Gasteiger partial charge in [0.05, 0.1) is 18.8 Å². The molecule has 3 heterocycles. The van der Waals surface area contributed by atoms with Crippen LogP contribution in [0.15, 0.2) is 36.9 Å². The summed E-state index contributed by atoms with van der Waals surface area (Å²) in [6.45, 7) is 13.7. The van der Waals surface area contributed by atoms with E-state index in [0.29, 0.717) is 24.0 Å². The largest absolute Gasteiger partial charge is 0.466 e. The van der Waals surface area contributed by atoms with Crippen LogP contribution in [0.4, 0.5) is 0 Å². The van der Waals surface area contributed by atoms with Gasteiger partial charge in [-0.15, -0.1) is 5.10 Å². The Morgan fingerprint density at radius 1 is 1.06 bits per heavy atom. The van der Waals surface area contributed by atoms with Crippen LogP contribution in [0.2, 0.25) is 5.02 Å². The van der Waals surface area contributed by atoms with Crippen molar-refractivity contribution in [2.45, 2.75) is 52.4 Å². The summed E-state index contributed by atoms with van der Waals surface area (Å²) in [4.78, 5) is 6.51. The maximum absolute atomic E-state index is 6.49. The number of benzene rings is 1. The van der Waals surface area contributed by atoms with E-state index >= 15 is 0 Å². The standard InChI is InChI=1S/C22H31ClN8O2/c1-21(2,3)18(19(30-15-24-14-25-30)33-17-8-6-16(23)7-9-17)31-20(26-27-28-31)22(4,5)29-10-12-32-13-11-29/h6-9,14-15,18-19H,10-13H2,1-5H3/t18-,19-/m0/s1. The molecule has 33 heavy (non-hydrogen) atoms. The summed E-state index contributed by atoms with van der Waals surface area (Å²) in [6.07, 6.45) is 2.59. The number of nitrogens with zero attached hydrogens (tertiary/aromatic N) is 8. The van der Waals surface area contributed by atoms with Crippen molar-refractivity contribution in [3.05, 3.63) is 47.8 Å². The highest BCUT2D eigenvalue weighted by molar-refractivity contribution is 6.30. The molecule has 0 radical (unpaired) electrons. The predicted octanol–water partition coefficient (Wildman–Crippen LogP) is 3.35. The van der Waals surface area contributed by atoms with Gasteiger partial charge in [0.1, 0.15) is 24.4 Å². The summed E-state index contributed by atoms with van der Waals surface area (Å²) in [6, 6.07) is 6.96. The molecule has 0 bridgehead atoms. The Labute approximate surface area is 198 Å². The molecule has 0 unspecified atom stereocenters. The molecule has 1 fully saturated rings. The number of hydrogen-bond acceptors (Lipinski definition) is 8. The van der Waals surface area contributed by atoms with E-state index in [0.717, 1.165) is 18.9 Å². The van der Waals surface area contributed by atoms with Crippen LogP contribution in [0.25, 0.3) is 0 Å². The quantitative estimate of drug-likeness (QED) is 0.514. The van der Waals surface area contributed by atoms with E-state index in [9.17, 15) is 0 Å². The van der Waals surface area contributed by atoms with Gasteiger partial charge in [0.15, 0.2) is 5.82 Å². The Kier molecular flexibility index (Phi) is 6.69. The van der Waals surface area contributed by atoms with Gasteiger partial charge in [0.2, 0.25) is 6.23 Å². The summed E-state index contributed by atoms with van der Waals surface area (Å²) in [5.74, 6) is 1.42. The minimum atomic E-state index is -0.559. The van der Waals surface area contributed by atoms with Crippen molar-refractivity contribution in [1.82, 2.24) is 39.9 Å². The first-order valence-corrected chi connectivity index (χ1v) is 11.4. The molecule has 0 aliphatic carbocycles. The fraction of sp³-hybridized carbons (Fsp3) is 0.591. The smallest absolute Gasteiger partial charge is 0.215 e. The highest BCUT2D eigenvalue weighted by Gasteiger charge is 2.44. The maximum Gasteiger partial charge on any atom is 0.215 e. The minimum absolute atomic E-state index is 0.297. The molecule has 11 heteroatoms. The van der Waals surface area contributed by atoms with Crippen LogP contribution in [0.1, 0.15) is 52.7 Å². The highest BCUT2D eigenvalue weighted by atomic mass is 35.5. The van der Waals surface area contributed by atoms with Crippen LogP contribution >= 0.6 is 11.6 Å². The summed E-state index contributed by atoms with van der Waals surface area (Å²) >= 11 is 6.08. The van der Waals surface area contributed by atoms with Gasteiger partial charge in [0, 0.05) is 18.1 Å². The van der Waals surface area contributed by atoms with Crippen LogP contribution < -0.4 is 4.74 Å². The van der Waals surface area contributed by atoms with E-state index in [1.54, 1.807) is 23.1 Å². The number of morpholine rings is 1. The van der Waals surface area contributed by atoms with Gasteiger partial charge in [-0.25, -0.2) is 14.3 Å². The second-order valence-electron chi connectivity index (χ2n) is 9.75. The van der Waals surface area contributed by atoms with Gasteiger partial charge in [-0.05, 0) is 54.0 Å². The molecule has 178 valence electrons. The zero-order chi connectivity index (χ0) is 23.6. The normalized spacial score (nSPS) is 17.6. The Balaban J connectivity index is 1.77. The number of tetrazole rings is 1. The van der Waals surface area contributed by atoms with E-state index < -0.39 is 11.8 Å². The topological polar surface area (TPSA) is 96.0 Å². The van der Waals surface area contributed by atoms with Crippen molar-refractivity contribution in [2.24, 2.45) is 5.41 Å². The van der Waals surface area contributed by atoms with E-state index in [-0.39, 0.29) is 11.5 Å². The average Bonchev–Trinajstić information content (AvgIpc) is 3.47. The first-order chi connectivity index (χ1) is 15.7. The van der Waals surface area contributed by atoms with Crippen LogP contribution in [0.3, 0.4) is 0 Å². The number of halogens is 1. The first kappa shape index (κ1) is 23.6. The third-order valence-corrected chi connectivity index (χ3v) is 6.28. The van der Waals surface area contributed by atoms with Gasteiger partial charge in [-0.2, -0.15) is 5.10 Å². The lowest BCUT2D eigenvalue weighted by molar-refractivity contribution is -0.0282. The second kappa shape index (κ2) is 9.36. The Bertz CT molecular complexity index is 1020. The van der Waals surface area contributed by atoms with Crippen LogP contribution in [-0.2, 0) is 10.3 Å². The SMILES string of the molecule is CC(C)(C)[C@H]([C@H](Oc1ccc(Cl)cc1)n1cncn1)n1nnnc1C(C)(C)N1CCOCC1. The zero-order valence-corrected chi connectivity index (χ0v) is 20.5. The average molecular weight is 475 g/mol. The lowest BCUT2D eigenvalue weighted by Gasteiger charge is -2.42. The number of aromatic nitrogens is 7. The fourth-order valence-corrected chi connectivity index (χ4v) is 4.35. The lowest BCUT2D eigenvalue weighted by Crippen LogP contribution is -2.50. The molecular weight excluding hydrogens is 444 g/mol. The first-order valence-electron chi connectivity index (χ1n) is 11.1. The van der Waals surface area contributed by atoms with Crippen molar-refractivity contribution >= 4 is 11.6 Å². The fourth-order valence-electron chi connectivity index (χ4n) is 4.23. The maximum atomic E-state index is 6.49. The van der Waals surface area contributed by atoms with Crippen LogP contribution in [0, 0.1) is 5.41 Å². The number of rotatable bonds is 7. The molecule has 1 aromatic carbocycles. The molecule has 3 aromatic rings. The van der Waals surface area contributed by atoms with Crippen molar-refractivity contribution in [1.29, 1.82) is 0 Å². The third kappa shape index (κ3) is 5.02. The molecule has 0 amide bonds. The van der Waals surface area contributed by atoms with Gasteiger partial charge >= 0.3 is 0 Å². The van der Waals surface area contributed by atoms with Crippen molar-refractivity contribution < 1.29 is 9.47 Å². The lowest BCUT2D eigenvalue weighted by atomic mass is 9.85. The van der Waals surface area contributed by atoms with Crippen molar-refractivity contribution in [2.75, 3.05) is 26.3 Å². The molecular formula is C22H31ClN8O2. The van der Waals surface area contributed by atoms with Crippen molar-refractivity contribution in [3.63, 3.8) is 0 Å². The molecule has 4 rings (SSSR count). The third-order valence-electron chi connectivity index (χ3n) is 6.03. The van der Waals surface area contributed by atoms with Gasteiger partial charge < -0.3 is 9.47 Å². The van der Waals surface area contributed by atoms with E-state index in [1.807, 2.05) is 16.8 Å². The molecule has 2 atom stereocenters. The summed E-state index contributed by atoms with van der Waals surface area (Å²) in [7, 11) is 0. The van der Waals surface area contributed by atoms with Crippen LogP contribution in [0.5, 0.6) is 5.75 Å². The molecule has 1 aliphatic heterocycles. The molecule has 2 aromatic heterocycles. The highest BCUT2D eigenvalue weighted by Crippen LogP contribution is 2.42. The Hall–Kier alpha value is -2.56. The van der Waals surface area contributed by atoms with Crippen LogP contribution in [-0.4, -0.2) is 66.2 Å². The molecule has 1 aliphatic rings. The predicted molar refractivity (Wildman–Crippen MR) is 123 cm³/mol. The minimum Gasteiger partial charge on any atom is -0.466 e. The summed E-state index contributed by atoms with van der Waals surface area (Å²) in [5, 5.41) is 18.1. The molecule has 0 N–H and O–H groups in total. The Morgan fingerprint density at radius 3 is 2.36 bits per heavy atom. The molecule has 0 saturated carbocycles. The zero-order valence-electron chi connectivity index (χ0n) is 19.7. The second-order valence-corrected chi connectivity index (χ2v) is 10.2. The monoisotopic (exact) mass is 474 g/mol. The van der Waals surface area contributed by atoms with E-state index in [4.69, 9.17) is 21.1 Å². The van der Waals surface area contributed by atoms with Gasteiger partial charge in [-0.3, -0.25) is 4.90 Å². The number of hydrogen-bond donors (Lipinski definition) is 0. The van der Waals surface area contributed by atoms with E-state index in [1.165, 1.54) is 6.33 Å². The Morgan fingerprint density at radius 2 is 1.76 bits per heavy atom. The van der Waals surface area contributed by atoms with Crippen molar-refractivity contribution in [3.8, 4) is 5.75 Å².